The molecule has 2 N–H and O–H groups in total. The molecule has 2 atom stereocenters. The maximum absolute atomic E-state index is 12.1. The van der Waals surface area contributed by atoms with E-state index in [0.29, 0.717) is 23.4 Å². The zero-order valence-corrected chi connectivity index (χ0v) is 21.6. The van der Waals surface area contributed by atoms with Gasteiger partial charge >= 0.3 is 6.03 Å². The number of likely N-dealkylation sites (tertiary alicyclic amines) is 1. The molecule has 2 aromatic rings. The molecule has 2 aliphatic rings. The Morgan fingerprint density at radius 1 is 1.14 bits per heavy atom. The van der Waals surface area contributed by atoms with Crippen molar-refractivity contribution in [3.63, 3.8) is 0 Å². The maximum atomic E-state index is 12.1. The molecule has 0 spiro atoms. The van der Waals surface area contributed by atoms with Crippen molar-refractivity contribution in [1.82, 2.24) is 19.7 Å². The van der Waals surface area contributed by atoms with Crippen molar-refractivity contribution in [1.29, 1.82) is 5.26 Å². The first-order valence-corrected chi connectivity index (χ1v) is 13.2. The molecule has 4 rings (SSSR count). The Bertz CT molecular complexity index is 1200. The SMILES string of the molecule is CN(C)C(=O)N1CC2CC(CNCC(=O)n3cccc3C#N)CC2C1.Cc1ccc(S(=O)(=O)O)cc1. The van der Waals surface area contributed by atoms with E-state index >= 15 is 0 Å². The van der Waals surface area contributed by atoms with Gasteiger partial charge in [-0.3, -0.25) is 13.9 Å². The molecule has 2 heterocycles. The number of rotatable bonds is 5. The van der Waals surface area contributed by atoms with Gasteiger partial charge < -0.3 is 15.1 Å². The van der Waals surface area contributed by atoms with Gasteiger partial charge in [-0.25, -0.2) is 4.79 Å². The summed E-state index contributed by atoms with van der Waals surface area (Å²) < 4.78 is 30.9. The Labute approximate surface area is 212 Å². The zero-order chi connectivity index (χ0) is 26.5. The summed E-state index contributed by atoms with van der Waals surface area (Å²) in [7, 11) is -0.431. The largest absolute Gasteiger partial charge is 0.331 e. The highest BCUT2D eigenvalue weighted by Crippen LogP contribution is 2.41. The summed E-state index contributed by atoms with van der Waals surface area (Å²) in [6, 6.07) is 11.4. The fraction of sp³-hybridized carbons (Fsp3) is 0.480. The van der Waals surface area contributed by atoms with Crippen molar-refractivity contribution in [2.75, 3.05) is 40.3 Å². The van der Waals surface area contributed by atoms with E-state index in [9.17, 15) is 18.0 Å². The van der Waals surface area contributed by atoms with Gasteiger partial charge in [0.1, 0.15) is 11.8 Å². The average Bonchev–Trinajstić information content (AvgIpc) is 3.53. The quantitative estimate of drug-likeness (QED) is 0.584. The lowest BCUT2D eigenvalue weighted by atomic mass is 10.0. The van der Waals surface area contributed by atoms with Crippen molar-refractivity contribution in [2.24, 2.45) is 17.8 Å². The van der Waals surface area contributed by atoms with Crippen molar-refractivity contribution in [3.8, 4) is 6.07 Å². The minimum Gasteiger partial charge on any atom is -0.331 e. The predicted molar refractivity (Wildman–Crippen MR) is 134 cm³/mol. The summed E-state index contributed by atoms with van der Waals surface area (Å²) in [6.45, 7) is 4.59. The second kappa shape index (κ2) is 11.7. The number of nitrogens with zero attached hydrogens (tertiary/aromatic N) is 4. The molecule has 2 fully saturated rings. The Morgan fingerprint density at radius 2 is 1.75 bits per heavy atom. The van der Waals surface area contributed by atoms with E-state index in [0.717, 1.165) is 38.0 Å². The van der Waals surface area contributed by atoms with Crippen molar-refractivity contribution in [3.05, 3.63) is 53.9 Å². The smallest absolute Gasteiger partial charge is 0.319 e. The van der Waals surface area contributed by atoms with Crippen LogP contribution in [0, 0.1) is 36.0 Å². The predicted octanol–water partition coefficient (Wildman–Crippen LogP) is 2.47. The number of aromatic nitrogens is 1. The van der Waals surface area contributed by atoms with Gasteiger partial charge in [0.25, 0.3) is 10.1 Å². The van der Waals surface area contributed by atoms with Gasteiger partial charge in [0.05, 0.1) is 11.4 Å². The monoisotopic (exact) mass is 515 g/mol. The molecule has 10 nitrogen and oxygen atoms in total. The third-order valence-electron chi connectivity index (χ3n) is 6.66. The lowest BCUT2D eigenvalue weighted by molar-refractivity contribution is 0.0910. The zero-order valence-electron chi connectivity index (χ0n) is 20.8. The van der Waals surface area contributed by atoms with Crippen LogP contribution in [0.2, 0.25) is 0 Å². The highest BCUT2D eigenvalue weighted by atomic mass is 32.2. The molecule has 1 aliphatic heterocycles. The normalized spacial score (nSPS) is 20.8. The molecular formula is C25H33N5O5S. The summed E-state index contributed by atoms with van der Waals surface area (Å²) in [6.07, 6.45) is 3.84. The fourth-order valence-electron chi connectivity index (χ4n) is 4.90. The number of hydrogen-bond acceptors (Lipinski definition) is 6. The molecule has 194 valence electrons. The number of amides is 2. The highest BCUT2D eigenvalue weighted by molar-refractivity contribution is 7.85. The van der Waals surface area contributed by atoms with E-state index in [1.165, 1.54) is 16.7 Å². The number of nitrogens with one attached hydrogen (secondary N) is 1. The minimum absolute atomic E-state index is 0.0666. The first-order valence-electron chi connectivity index (χ1n) is 11.8. The number of carbonyl (C=O) groups is 2. The number of fused-ring (bicyclic) bond motifs is 1. The Balaban J connectivity index is 0.000000275. The standard InChI is InChI=1S/C18H25N5O2.C7H8O3S/c1-21(2)18(25)22-11-14-6-13(7-15(14)12-22)9-20-10-17(24)23-5-3-4-16(23)8-19;1-6-2-4-7(5-3-6)11(8,9)10/h3-5,13-15,20H,6-7,9-12H2,1-2H3;2-5H,1H3,(H,8,9,10). The lowest BCUT2D eigenvalue weighted by Gasteiger charge is -2.23. The Kier molecular flexibility index (Phi) is 8.89. The molecule has 2 unspecified atom stereocenters. The molecule has 0 bridgehead atoms. The molecule has 11 heteroatoms. The van der Waals surface area contributed by atoms with Gasteiger partial charge in [-0.1, -0.05) is 17.7 Å². The van der Waals surface area contributed by atoms with Crippen molar-refractivity contribution >= 4 is 22.1 Å². The van der Waals surface area contributed by atoms with E-state index in [-0.39, 0.29) is 23.4 Å². The number of nitriles is 1. The van der Waals surface area contributed by atoms with Gasteiger partial charge in [0.15, 0.2) is 0 Å². The number of urea groups is 1. The van der Waals surface area contributed by atoms with Crippen LogP contribution < -0.4 is 5.32 Å². The Hall–Kier alpha value is -3.20. The van der Waals surface area contributed by atoms with Crippen LogP contribution in [0.1, 0.15) is 28.9 Å². The third-order valence-corrected chi connectivity index (χ3v) is 7.53. The van der Waals surface area contributed by atoms with E-state index in [1.807, 2.05) is 17.9 Å². The van der Waals surface area contributed by atoms with Gasteiger partial charge in [-0.05, 0) is 68.3 Å². The van der Waals surface area contributed by atoms with Gasteiger partial charge in [-0.2, -0.15) is 13.7 Å². The topological polar surface area (TPSA) is 136 Å². The first-order chi connectivity index (χ1) is 17.0. The average molecular weight is 516 g/mol. The number of hydrogen-bond donors (Lipinski definition) is 2. The van der Waals surface area contributed by atoms with Crippen LogP contribution in [0.3, 0.4) is 0 Å². The highest BCUT2D eigenvalue weighted by Gasteiger charge is 2.42. The van der Waals surface area contributed by atoms with Gasteiger partial charge in [-0.15, -0.1) is 0 Å². The van der Waals surface area contributed by atoms with Crippen LogP contribution in [-0.4, -0.2) is 79.6 Å². The summed E-state index contributed by atoms with van der Waals surface area (Å²) in [5.41, 5.74) is 1.32. The van der Waals surface area contributed by atoms with Gasteiger partial charge in [0.2, 0.25) is 5.91 Å². The van der Waals surface area contributed by atoms with Crippen molar-refractivity contribution in [2.45, 2.75) is 24.7 Å². The summed E-state index contributed by atoms with van der Waals surface area (Å²) in [4.78, 5) is 27.7. The number of benzene rings is 1. The van der Waals surface area contributed by atoms with Crippen LogP contribution in [0.4, 0.5) is 4.79 Å². The van der Waals surface area contributed by atoms with E-state index in [4.69, 9.17) is 9.81 Å². The van der Waals surface area contributed by atoms with E-state index < -0.39 is 10.1 Å². The molecule has 1 saturated carbocycles. The molecule has 1 saturated heterocycles. The van der Waals surface area contributed by atoms with E-state index in [2.05, 4.69) is 5.32 Å². The minimum atomic E-state index is -4.02. The summed E-state index contributed by atoms with van der Waals surface area (Å²) >= 11 is 0. The van der Waals surface area contributed by atoms with Gasteiger partial charge in [0, 0.05) is 33.4 Å². The van der Waals surface area contributed by atoms with E-state index in [1.54, 1.807) is 49.5 Å². The summed E-state index contributed by atoms with van der Waals surface area (Å²) in [5, 5.41) is 12.2. The maximum Gasteiger partial charge on any atom is 0.319 e. The van der Waals surface area contributed by atoms with Crippen molar-refractivity contribution < 1.29 is 22.6 Å². The Morgan fingerprint density at radius 3 is 2.28 bits per heavy atom. The van der Waals surface area contributed by atoms with Crippen LogP contribution in [0.5, 0.6) is 0 Å². The number of aryl methyl sites for hydroxylation is 1. The number of carbonyl (C=O) groups excluding carboxylic acids is 2. The molecule has 1 aromatic heterocycles. The van der Waals surface area contributed by atoms with Crippen LogP contribution >= 0.6 is 0 Å². The second-order valence-corrected chi connectivity index (χ2v) is 11.0. The molecule has 1 aliphatic carbocycles. The molecule has 36 heavy (non-hydrogen) atoms. The second-order valence-electron chi connectivity index (χ2n) is 9.63. The fourth-order valence-corrected chi connectivity index (χ4v) is 5.38. The third kappa shape index (κ3) is 6.94. The lowest BCUT2D eigenvalue weighted by Crippen LogP contribution is -2.38. The molecule has 1 aromatic carbocycles. The first kappa shape index (κ1) is 27.4. The molecule has 2 amide bonds. The van der Waals surface area contributed by atoms with Crippen LogP contribution in [0.15, 0.2) is 47.5 Å². The van der Waals surface area contributed by atoms with Crippen LogP contribution in [0.25, 0.3) is 0 Å². The summed E-state index contributed by atoms with van der Waals surface area (Å²) in [5.74, 6) is 1.61. The molecular weight excluding hydrogens is 482 g/mol. The molecule has 0 radical (unpaired) electrons. The van der Waals surface area contributed by atoms with Crippen LogP contribution in [-0.2, 0) is 10.1 Å².